The number of hydrogen-bond acceptors (Lipinski definition) is 4. The van der Waals surface area contributed by atoms with Crippen LogP contribution in [0.3, 0.4) is 0 Å². The quantitative estimate of drug-likeness (QED) is 0.670. The van der Waals surface area contributed by atoms with Gasteiger partial charge in [0.2, 0.25) is 0 Å². The van der Waals surface area contributed by atoms with Crippen molar-refractivity contribution in [3.05, 3.63) is 0 Å². The smallest absolute Gasteiger partial charge is 0.279 e. The SMILES string of the molecule is COCCNS(=O)(=O)N1CCCC(C)(O)CC1. The lowest BCUT2D eigenvalue weighted by molar-refractivity contribution is 0.0465. The van der Waals surface area contributed by atoms with E-state index in [1.165, 1.54) is 11.4 Å². The molecule has 0 bridgehead atoms. The molecule has 0 aliphatic carbocycles. The van der Waals surface area contributed by atoms with Crippen molar-refractivity contribution in [2.24, 2.45) is 0 Å². The zero-order valence-corrected chi connectivity index (χ0v) is 11.3. The predicted molar refractivity (Wildman–Crippen MR) is 64.8 cm³/mol. The summed E-state index contributed by atoms with van der Waals surface area (Å²) in [4.78, 5) is 0. The highest BCUT2D eigenvalue weighted by Gasteiger charge is 2.30. The predicted octanol–water partition coefficient (Wildman–Crippen LogP) is -0.296. The second-order valence-corrected chi connectivity index (χ2v) is 6.40. The van der Waals surface area contributed by atoms with Crippen LogP contribution >= 0.6 is 0 Å². The molecule has 1 rings (SSSR count). The van der Waals surface area contributed by atoms with Gasteiger partial charge in [-0.15, -0.1) is 0 Å². The van der Waals surface area contributed by atoms with Gasteiger partial charge in [0.1, 0.15) is 0 Å². The minimum Gasteiger partial charge on any atom is -0.390 e. The fraction of sp³-hybridized carbons (Fsp3) is 1.00. The summed E-state index contributed by atoms with van der Waals surface area (Å²) in [5, 5.41) is 9.89. The summed E-state index contributed by atoms with van der Waals surface area (Å²) in [5.74, 6) is 0. The first-order valence-electron chi connectivity index (χ1n) is 5.83. The maximum absolute atomic E-state index is 11.9. The fourth-order valence-corrected chi connectivity index (χ4v) is 3.07. The molecular weight excluding hydrogens is 244 g/mol. The minimum atomic E-state index is -3.44. The lowest BCUT2D eigenvalue weighted by Crippen LogP contribution is -2.42. The molecule has 1 aliphatic heterocycles. The molecule has 0 spiro atoms. The molecule has 1 aliphatic rings. The van der Waals surface area contributed by atoms with Crippen molar-refractivity contribution in [2.75, 3.05) is 33.4 Å². The number of nitrogens with one attached hydrogen (secondary N) is 1. The number of nitrogens with zero attached hydrogens (tertiary/aromatic N) is 1. The number of ether oxygens (including phenoxy) is 1. The van der Waals surface area contributed by atoms with Crippen LogP contribution in [0.15, 0.2) is 0 Å². The molecule has 7 heteroatoms. The van der Waals surface area contributed by atoms with Crippen LogP contribution in [0, 0.1) is 0 Å². The first-order valence-corrected chi connectivity index (χ1v) is 7.27. The van der Waals surface area contributed by atoms with E-state index in [1.54, 1.807) is 6.92 Å². The molecule has 1 atom stereocenters. The van der Waals surface area contributed by atoms with E-state index in [2.05, 4.69) is 4.72 Å². The Morgan fingerprint density at radius 1 is 1.41 bits per heavy atom. The Bertz CT molecular complexity index is 329. The maximum atomic E-state index is 11.9. The molecule has 0 saturated carbocycles. The third kappa shape index (κ3) is 4.89. The highest BCUT2D eigenvalue weighted by atomic mass is 32.2. The Morgan fingerprint density at radius 3 is 2.76 bits per heavy atom. The Balaban J connectivity index is 2.54. The third-order valence-corrected chi connectivity index (χ3v) is 4.57. The Morgan fingerprint density at radius 2 is 2.12 bits per heavy atom. The Kier molecular flexibility index (Phi) is 5.33. The van der Waals surface area contributed by atoms with Crippen LogP contribution in [0.5, 0.6) is 0 Å². The van der Waals surface area contributed by atoms with Crippen LogP contribution in [0.25, 0.3) is 0 Å². The normalized spacial score (nSPS) is 27.9. The number of hydrogen-bond donors (Lipinski definition) is 2. The van der Waals surface area contributed by atoms with E-state index >= 15 is 0 Å². The van der Waals surface area contributed by atoms with Gasteiger partial charge < -0.3 is 9.84 Å². The molecule has 0 aromatic carbocycles. The van der Waals surface area contributed by atoms with E-state index in [0.717, 1.165) is 0 Å². The zero-order valence-electron chi connectivity index (χ0n) is 10.5. The van der Waals surface area contributed by atoms with Crippen LogP contribution in [-0.2, 0) is 14.9 Å². The average molecular weight is 266 g/mol. The first-order chi connectivity index (χ1) is 7.87. The third-order valence-electron chi connectivity index (χ3n) is 2.95. The van der Waals surface area contributed by atoms with Crippen LogP contribution < -0.4 is 4.72 Å². The second kappa shape index (κ2) is 6.10. The maximum Gasteiger partial charge on any atom is 0.279 e. The number of aliphatic hydroxyl groups is 1. The Labute approximate surface area is 103 Å². The molecule has 0 amide bonds. The van der Waals surface area contributed by atoms with Crippen molar-refractivity contribution >= 4 is 10.2 Å². The van der Waals surface area contributed by atoms with Gasteiger partial charge in [-0.3, -0.25) is 0 Å². The molecule has 1 saturated heterocycles. The molecule has 0 aromatic heterocycles. The Hall–Kier alpha value is -0.210. The molecule has 1 heterocycles. The monoisotopic (exact) mass is 266 g/mol. The lowest BCUT2D eigenvalue weighted by atomic mass is 9.98. The van der Waals surface area contributed by atoms with Gasteiger partial charge in [0.05, 0.1) is 12.2 Å². The van der Waals surface area contributed by atoms with Crippen LogP contribution in [0.2, 0.25) is 0 Å². The molecular formula is C10H22N2O4S. The summed E-state index contributed by atoms with van der Waals surface area (Å²) in [6.45, 7) is 3.19. The van der Waals surface area contributed by atoms with Gasteiger partial charge in [0.25, 0.3) is 10.2 Å². The van der Waals surface area contributed by atoms with E-state index in [9.17, 15) is 13.5 Å². The van der Waals surface area contributed by atoms with Crippen LogP contribution in [0.1, 0.15) is 26.2 Å². The minimum absolute atomic E-state index is 0.270. The van der Waals surface area contributed by atoms with Crippen LogP contribution in [0.4, 0.5) is 0 Å². The summed E-state index contributed by atoms with van der Waals surface area (Å²) in [5.41, 5.74) is -0.753. The molecule has 1 fully saturated rings. The van der Waals surface area contributed by atoms with E-state index in [0.29, 0.717) is 39.0 Å². The number of rotatable bonds is 5. The number of methoxy groups -OCH3 is 1. The van der Waals surface area contributed by atoms with E-state index in [1.807, 2.05) is 0 Å². The molecule has 102 valence electrons. The van der Waals surface area contributed by atoms with E-state index in [-0.39, 0.29) is 6.54 Å². The van der Waals surface area contributed by atoms with Crippen molar-refractivity contribution in [3.8, 4) is 0 Å². The van der Waals surface area contributed by atoms with Crippen molar-refractivity contribution in [2.45, 2.75) is 31.8 Å². The standard InChI is InChI=1S/C10H22N2O4S/c1-10(13)4-3-7-12(8-5-10)17(14,15)11-6-9-16-2/h11,13H,3-9H2,1-2H3. The van der Waals surface area contributed by atoms with Gasteiger partial charge in [0, 0.05) is 26.7 Å². The van der Waals surface area contributed by atoms with Gasteiger partial charge in [-0.2, -0.15) is 17.4 Å². The van der Waals surface area contributed by atoms with Crippen LogP contribution in [-0.4, -0.2) is 56.8 Å². The van der Waals surface area contributed by atoms with Gasteiger partial charge in [-0.05, 0) is 26.2 Å². The summed E-state index contributed by atoms with van der Waals surface area (Å²) >= 11 is 0. The zero-order chi connectivity index (χ0) is 12.9. The van der Waals surface area contributed by atoms with Crippen molar-refractivity contribution in [1.29, 1.82) is 0 Å². The van der Waals surface area contributed by atoms with Crippen molar-refractivity contribution in [1.82, 2.24) is 9.03 Å². The van der Waals surface area contributed by atoms with E-state index < -0.39 is 15.8 Å². The van der Waals surface area contributed by atoms with E-state index in [4.69, 9.17) is 4.74 Å². The highest BCUT2D eigenvalue weighted by molar-refractivity contribution is 7.87. The summed E-state index contributed by atoms with van der Waals surface area (Å²) in [7, 11) is -1.91. The molecule has 0 radical (unpaired) electrons. The largest absolute Gasteiger partial charge is 0.390 e. The molecule has 6 nitrogen and oxygen atoms in total. The fourth-order valence-electron chi connectivity index (χ4n) is 1.84. The second-order valence-electron chi connectivity index (χ2n) is 4.64. The van der Waals surface area contributed by atoms with Crippen molar-refractivity contribution in [3.63, 3.8) is 0 Å². The molecule has 1 unspecified atom stereocenters. The molecule has 0 aromatic rings. The van der Waals surface area contributed by atoms with Gasteiger partial charge in [-0.1, -0.05) is 0 Å². The van der Waals surface area contributed by atoms with Gasteiger partial charge in [0.15, 0.2) is 0 Å². The molecule has 17 heavy (non-hydrogen) atoms. The van der Waals surface area contributed by atoms with Crippen molar-refractivity contribution < 1.29 is 18.3 Å². The topological polar surface area (TPSA) is 78.9 Å². The average Bonchev–Trinajstić information content (AvgIpc) is 2.40. The van der Waals surface area contributed by atoms with Gasteiger partial charge >= 0.3 is 0 Å². The lowest BCUT2D eigenvalue weighted by Gasteiger charge is -2.22. The first kappa shape index (κ1) is 14.8. The highest BCUT2D eigenvalue weighted by Crippen LogP contribution is 2.22. The molecule has 2 N–H and O–H groups in total. The summed E-state index contributed by atoms with van der Waals surface area (Å²) in [6.07, 6.45) is 1.79. The van der Waals surface area contributed by atoms with Gasteiger partial charge in [-0.25, -0.2) is 0 Å². The summed E-state index contributed by atoms with van der Waals surface area (Å²) < 4.78 is 32.5. The summed E-state index contributed by atoms with van der Waals surface area (Å²) in [6, 6.07) is 0.